The average Bonchev–Trinajstić information content (AvgIpc) is 2.79. The fourth-order valence-corrected chi connectivity index (χ4v) is 1.88. The lowest BCUT2D eigenvalue weighted by atomic mass is 10.1. The van der Waals surface area contributed by atoms with Gasteiger partial charge in [0.15, 0.2) is 0 Å². The van der Waals surface area contributed by atoms with Gasteiger partial charge in [-0.05, 0) is 18.8 Å². The van der Waals surface area contributed by atoms with E-state index in [-0.39, 0.29) is 5.69 Å². The van der Waals surface area contributed by atoms with Crippen molar-refractivity contribution in [3.05, 3.63) is 18.1 Å². The number of rotatable bonds is 3. The largest absolute Gasteiger partial charge is 0.475 e. The Balaban J connectivity index is 1.95. The van der Waals surface area contributed by atoms with E-state index in [1.807, 2.05) is 6.07 Å². The number of hydrogen-bond donors (Lipinski definition) is 0. The maximum Gasteiger partial charge on any atom is 0.251 e. The monoisotopic (exact) mass is 203 g/mol. The Bertz CT molecular complexity index is 366. The molecule has 1 aromatic rings. The second-order valence-electron chi connectivity index (χ2n) is 3.78. The molecule has 2 rings (SSSR count). The first kappa shape index (κ1) is 9.91. The Morgan fingerprint density at radius 2 is 2.07 bits per heavy atom. The van der Waals surface area contributed by atoms with E-state index in [2.05, 4.69) is 9.97 Å². The van der Waals surface area contributed by atoms with Crippen molar-refractivity contribution in [2.45, 2.75) is 25.7 Å². The second kappa shape index (κ2) is 4.74. The third-order valence-electron chi connectivity index (χ3n) is 2.70. The summed E-state index contributed by atoms with van der Waals surface area (Å²) in [6.45, 7) is 0.660. The summed E-state index contributed by atoms with van der Waals surface area (Å²) in [6, 6.07) is 1.97. The molecule has 1 aliphatic rings. The highest BCUT2D eigenvalue weighted by Gasteiger charge is 2.16. The number of ether oxygens (including phenoxy) is 1. The van der Waals surface area contributed by atoms with Crippen LogP contribution in [0.3, 0.4) is 0 Å². The van der Waals surface area contributed by atoms with Gasteiger partial charge in [-0.1, -0.05) is 12.8 Å². The first-order valence-corrected chi connectivity index (χ1v) is 5.24. The maximum atomic E-state index is 8.78. The van der Waals surface area contributed by atoms with Gasteiger partial charge >= 0.3 is 0 Å². The van der Waals surface area contributed by atoms with Gasteiger partial charge in [0.2, 0.25) is 5.69 Å². The molecule has 1 heterocycles. The predicted molar refractivity (Wildman–Crippen MR) is 54.2 cm³/mol. The topological polar surface area (TPSA) is 58.8 Å². The van der Waals surface area contributed by atoms with E-state index in [1.165, 1.54) is 31.9 Å². The van der Waals surface area contributed by atoms with Crippen molar-refractivity contribution in [1.82, 2.24) is 9.97 Å². The zero-order valence-corrected chi connectivity index (χ0v) is 8.52. The van der Waals surface area contributed by atoms with E-state index in [0.29, 0.717) is 18.4 Å². The minimum atomic E-state index is 0.274. The highest BCUT2D eigenvalue weighted by Crippen LogP contribution is 2.25. The van der Waals surface area contributed by atoms with Gasteiger partial charge in [0.1, 0.15) is 6.07 Å². The molecule has 15 heavy (non-hydrogen) atoms. The molecule has 1 saturated carbocycles. The molecule has 0 amide bonds. The zero-order valence-electron chi connectivity index (χ0n) is 8.52. The Labute approximate surface area is 88.9 Å². The second-order valence-corrected chi connectivity index (χ2v) is 3.78. The molecule has 1 fully saturated rings. The number of nitrogens with zero attached hydrogens (tertiary/aromatic N) is 3. The van der Waals surface area contributed by atoms with E-state index in [9.17, 15) is 0 Å². The Kier molecular flexibility index (Phi) is 3.13. The predicted octanol–water partition coefficient (Wildman–Crippen LogP) is 1.92. The molecule has 0 bridgehead atoms. The van der Waals surface area contributed by atoms with Crippen LogP contribution in [0.5, 0.6) is 5.88 Å². The summed E-state index contributed by atoms with van der Waals surface area (Å²) in [5.74, 6) is 0.991. The molecule has 4 heteroatoms. The van der Waals surface area contributed by atoms with Crippen LogP contribution in [0.25, 0.3) is 0 Å². The van der Waals surface area contributed by atoms with E-state index < -0.39 is 0 Å². The normalized spacial score (nSPS) is 16.2. The van der Waals surface area contributed by atoms with Gasteiger partial charge in [-0.25, -0.2) is 9.97 Å². The summed E-state index contributed by atoms with van der Waals surface area (Å²) in [5.41, 5.74) is 0.274. The quantitative estimate of drug-likeness (QED) is 0.753. The fraction of sp³-hybridized carbons (Fsp3) is 0.545. The van der Waals surface area contributed by atoms with Gasteiger partial charge in [0, 0.05) is 12.4 Å². The Hall–Kier alpha value is -1.63. The molecule has 0 N–H and O–H groups in total. The van der Waals surface area contributed by atoms with Crippen molar-refractivity contribution in [3.8, 4) is 11.9 Å². The molecule has 0 saturated heterocycles. The van der Waals surface area contributed by atoms with Crippen LogP contribution in [-0.4, -0.2) is 16.6 Å². The van der Waals surface area contributed by atoms with Crippen LogP contribution < -0.4 is 4.74 Å². The molecule has 78 valence electrons. The highest BCUT2D eigenvalue weighted by molar-refractivity contribution is 5.29. The minimum Gasteiger partial charge on any atom is -0.475 e. The molecule has 0 radical (unpaired) electrons. The number of nitriles is 1. The van der Waals surface area contributed by atoms with E-state index in [4.69, 9.17) is 10.00 Å². The molecule has 0 spiro atoms. The van der Waals surface area contributed by atoms with Crippen LogP contribution in [0.4, 0.5) is 0 Å². The van der Waals surface area contributed by atoms with Crippen LogP contribution in [-0.2, 0) is 0 Å². The molecule has 1 aromatic heterocycles. The van der Waals surface area contributed by atoms with Crippen molar-refractivity contribution >= 4 is 0 Å². The molecule has 0 aromatic carbocycles. The Morgan fingerprint density at radius 1 is 1.33 bits per heavy atom. The molecule has 0 aliphatic heterocycles. The van der Waals surface area contributed by atoms with Crippen molar-refractivity contribution < 1.29 is 4.74 Å². The number of hydrogen-bond acceptors (Lipinski definition) is 4. The standard InChI is InChI=1S/C11H13N3O/c12-7-10-11(14-6-5-13-10)15-8-9-3-1-2-4-9/h5-6,9H,1-4,8H2. The summed E-state index contributed by atoms with van der Waals surface area (Å²) in [7, 11) is 0. The summed E-state index contributed by atoms with van der Waals surface area (Å²) in [5, 5.41) is 8.78. The van der Waals surface area contributed by atoms with Gasteiger partial charge < -0.3 is 4.74 Å². The van der Waals surface area contributed by atoms with E-state index in [1.54, 1.807) is 6.20 Å². The summed E-state index contributed by atoms with van der Waals surface area (Å²) >= 11 is 0. The maximum absolute atomic E-state index is 8.78. The smallest absolute Gasteiger partial charge is 0.251 e. The van der Waals surface area contributed by atoms with Crippen LogP contribution >= 0.6 is 0 Å². The van der Waals surface area contributed by atoms with Crippen LogP contribution in [0, 0.1) is 17.2 Å². The Morgan fingerprint density at radius 3 is 2.80 bits per heavy atom. The summed E-state index contributed by atoms with van der Waals surface area (Å²) in [6.07, 6.45) is 8.08. The average molecular weight is 203 g/mol. The third kappa shape index (κ3) is 2.44. The lowest BCUT2D eigenvalue weighted by Crippen LogP contribution is -2.10. The summed E-state index contributed by atoms with van der Waals surface area (Å²) < 4.78 is 5.52. The van der Waals surface area contributed by atoms with Crippen LogP contribution in [0.2, 0.25) is 0 Å². The fourth-order valence-electron chi connectivity index (χ4n) is 1.88. The third-order valence-corrected chi connectivity index (χ3v) is 2.70. The molecule has 4 nitrogen and oxygen atoms in total. The molecule has 1 aliphatic carbocycles. The van der Waals surface area contributed by atoms with Gasteiger partial charge in [-0.15, -0.1) is 0 Å². The molecule has 0 atom stereocenters. The lowest BCUT2D eigenvalue weighted by molar-refractivity contribution is 0.242. The zero-order chi connectivity index (χ0) is 10.5. The first-order valence-electron chi connectivity index (χ1n) is 5.24. The molecular formula is C11H13N3O. The highest BCUT2D eigenvalue weighted by atomic mass is 16.5. The van der Waals surface area contributed by atoms with Gasteiger partial charge in [0.25, 0.3) is 5.88 Å². The van der Waals surface area contributed by atoms with Crippen molar-refractivity contribution in [3.63, 3.8) is 0 Å². The van der Waals surface area contributed by atoms with Gasteiger partial charge in [0.05, 0.1) is 6.61 Å². The first-order chi connectivity index (χ1) is 7.40. The minimum absolute atomic E-state index is 0.274. The lowest BCUT2D eigenvalue weighted by Gasteiger charge is -2.10. The summed E-state index contributed by atoms with van der Waals surface area (Å²) in [4.78, 5) is 7.90. The molecular weight excluding hydrogens is 190 g/mol. The van der Waals surface area contributed by atoms with E-state index in [0.717, 1.165) is 0 Å². The van der Waals surface area contributed by atoms with Crippen LogP contribution in [0.1, 0.15) is 31.4 Å². The number of aromatic nitrogens is 2. The van der Waals surface area contributed by atoms with Crippen molar-refractivity contribution in [2.24, 2.45) is 5.92 Å². The van der Waals surface area contributed by atoms with E-state index >= 15 is 0 Å². The van der Waals surface area contributed by atoms with Crippen molar-refractivity contribution in [1.29, 1.82) is 5.26 Å². The van der Waals surface area contributed by atoms with Crippen molar-refractivity contribution in [2.75, 3.05) is 6.61 Å². The SMILES string of the molecule is N#Cc1nccnc1OCC1CCCC1. The van der Waals surface area contributed by atoms with Gasteiger partial charge in [-0.2, -0.15) is 5.26 Å². The van der Waals surface area contributed by atoms with Gasteiger partial charge in [-0.3, -0.25) is 0 Å². The molecule has 0 unspecified atom stereocenters. The van der Waals surface area contributed by atoms with Crippen LogP contribution in [0.15, 0.2) is 12.4 Å².